The highest BCUT2D eigenvalue weighted by molar-refractivity contribution is 5.76. The zero-order valence-corrected chi connectivity index (χ0v) is 10.1. The number of rotatable bonds is 7. The van der Waals surface area contributed by atoms with Crippen molar-refractivity contribution in [3.05, 3.63) is 12.2 Å². The van der Waals surface area contributed by atoms with Gasteiger partial charge in [-0.15, -0.1) is 0 Å². The van der Waals surface area contributed by atoms with Crippen LogP contribution in [0.3, 0.4) is 0 Å². The molecule has 17 heavy (non-hydrogen) atoms. The number of amides is 1. The third-order valence-corrected chi connectivity index (χ3v) is 2.68. The van der Waals surface area contributed by atoms with Crippen LogP contribution < -0.4 is 10.6 Å². The normalized spacial score (nSPS) is 14.9. The molecule has 1 aliphatic carbocycles. The van der Waals surface area contributed by atoms with Gasteiger partial charge in [-0.2, -0.15) is 5.10 Å². The molecule has 0 radical (unpaired) electrons. The summed E-state index contributed by atoms with van der Waals surface area (Å²) in [6.07, 6.45) is 5.41. The summed E-state index contributed by atoms with van der Waals surface area (Å²) in [5.41, 5.74) is 0. The highest BCUT2D eigenvalue weighted by Gasteiger charge is 2.19. The lowest BCUT2D eigenvalue weighted by molar-refractivity contribution is -0.120. The van der Waals surface area contributed by atoms with Crippen molar-refractivity contribution in [3.8, 4) is 0 Å². The first-order valence-corrected chi connectivity index (χ1v) is 6.08. The molecule has 94 valence electrons. The van der Waals surface area contributed by atoms with E-state index in [1.165, 1.54) is 12.8 Å². The molecule has 2 N–H and O–H groups in total. The van der Waals surface area contributed by atoms with Crippen LogP contribution in [0.1, 0.15) is 25.1 Å². The maximum absolute atomic E-state index is 11.4. The summed E-state index contributed by atoms with van der Waals surface area (Å²) >= 11 is 0. The number of carbonyl (C=O) groups excluding carboxylic acids is 1. The Balaban J connectivity index is 1.53. The summed E-state index contributed by atoms with van der Waals surface area (Å²) < 4.78 is 1.66. The van der Waals surface area contributed by atoms with Gasteiger partial charge in [-0.3, -0.25) is 9.48 Å². The Kier molecular flexibility index (Phi) is 4.08. The Morgan fingerprint density at radius 1 is 1.53 bits per heavy atom. The van der Waals surface area contributed by atoms with Crippen LogP contribution in [0.15, 0.2) is 6.33 Å². The number of hydrogen-bond donors (Lipinski definition) is 2. The summed E-state index contributed by atoms with van der Waals surface area (Å²) in [6, 6.07) is 0.667. The summed E-state index contributed by atoms with van der Waals surface area (Å²) in [5, 5.41) is 10.3. The van der Waals surface area contributed by atoms with Crippen molar-refractivity contribution >= 4 is 5.91 Å². The number of aromatic nitrogens is 3. The number of hydrogen-bond acceptors (Lipinski definition) is 4. The Bertz CT molecular complexity index is 372. The van der Waals surface area contributed by atoms with E-state index in [2.05, 4.69) is 20.7 Å². The molecular formula is C11H19N5O. The maximum atomic E-state index is 11.4. The van der Waals surface area contributed by atoms with E-state index >= 15 is 0 Å². The molecule has 0 unspecified atom stereocenters. The lowest BCUT2D eigenvalue weighted by Crippen LogP contribution is -2.30. The standard InChI is InChI=1S/C11H19N5O/c1-16-8-14-10(15-16)4-6-13-11(17)5-7-12-9-2-3-9/h8-9,12H,2-7H2,1H3,(H,13,17). The SMILES string of the molecule is Cn1cnc(CCNC(=O)CCNC2CC2)n1. The number of carbonyl (C=O) groups is 1. The molecule has 0 aromatic carbocycles. The van der Waals surface area contributed by atoms with Crippen molar-refractivity contribution in [2.45, 2.75) is 31.7 Å². The molecule has 2 rings (SSSR count). The van der Waals surface area contributed by atoms with Crippen molar-refractivity contribution in [2.24, 2.45) is 7.05 Å². The highest BCUT2D eigenvalue weighted by atomic mass is 16.1. The smallest absolute Gasteiger partial charge is 0.221 e. The number of nitrogens with one attached hydrogen (secondary N) is 2. The van der Waals surface area contributed by atoms with Crippen LogP contribution in [0.25, 0.3) is 0 Å². The second-order valence-electron chi connectivity index (χ2n) is 4.41. The van der Waals surface area contributed by atoms with Crippen molar-refractivity contribution in [1.82, 2.24) is 25.4 Å². The molecule has 0 saturated heterocycles. The molecular weight excluding hydrogens is 218 g/mol. The minimum Gasteiger partial charge on any atom is -0.356 e. The second-order valence-corrected chi connectivity index (χ2v) is 4.41. The van der Waals surface area contributed by atoms with E-state index in [-0.39, 0.29) is 5.91 Å². The fourth-order valence-electron chi connectivity index (χ4n) is 1.58. The summed E-state index contributed by atoms with van der Waals surface area (Å²) in [4.78, 5) is 15.5. The lowest BCUT2D eigenvalue weighted by atomic mass is 10.3. The summed E-state index contributed by atoms with van der Waals surface area (Å²) in [7, 11) is 1.83. The van der Waals surface area contributed by atoms with Crippen LogP contribution >= 0.6 is 0 Å². The fourth-order valence-corrected chi connectivity index (χ4v) is 1.58. The van der Waals surface area contributed by atoms with Gasteiger partial charge in [0.2, 0.25) is 5.91 Å². The van der Waals surface area contributed by atoms with Gasteiger partial charge in [0.1, 0.15) is 6.33 Å². The lowest BCUT2D eigenvalue weighted by Gasteiger charge is -2.04. The Morgan fingerprint density at radius 3 is 3.00 bits per heavy atom. The molecule has 0 atom stereocenters. The summed E-state index contributed by atoms with van der Waals surface area (Å²) in [6.45, 7) is 1.38. The molecule has 0 spiro atoms. The molecule has 1 aromatic rings. The number of nitrogens with zero attached hydrogens (tertiary/aromatic N) is 3. The largest absolute Gasteiger partial charge is 0.356 e. The minimum absolute atomic E-state index is 0.0917. The van der Waals surface area contributed by atoms with Crippen LogP contribution in [0, 0.1) is 0 Å². The average molecular weight is 237 g/mol. The third-order valence-electron chi connectivity index (χ3n) is 2.68. The van der Waals surface area contributed by atoms with E-state index in [9.17, 15) is 4.79 Å². The van der Waals surface area contributed by atoms with Crippen molar-refractivity contribution < 1.29 is 4.79 Å². The molecule has 6 heteroatoms. The second kappa shape index (κ2) is 5.77. The van der Waals surface area contributed by atoms with Gasteiger partial charge in [-0.25, -0.2) is 4.98 Å². The molecule has 1 aromatic heterocycles. The Morgan fingerprint density at radius 2 is 2.35 bits per heavy atom. The van der Waals surface area contributed by atoms with E-state index in [1.807, 2.05) is 7.05 Å². The quantitative estimate of drug-likeness (QED) is 0.678. The van der Waals surface area contributed by atoms with Gasteiger partial charge in [-0.05, 0) is 12.8 Å². The maximum Gasteiger partial charge on any atom is 0.221 e. The van der Waals surface area contributed by atoms with Crippen LogP contribution in [0.2, 0.25) is 0 Å². The first-order chi connectivity index (χ1) is 8.24. The zero-order chi connectivity index (χ0) is 12.1. The van der Waals surface area contributed by atoms with Crippen LogP contribution in [-0.4, -0.2) is 39.8 Å². The van der Waals surface area contributed by atoms with Crippen LogP contribution in [-0.2, 0) is 18.3 Å². The first kappa shape index (κ1) is 12.0. The average Bonchev–Trinajstić information content (AvgIpc) is 3.02. The van der Waals surface area contributed by atoms with Crippen molar-refractivity contribution in [3.63, 3.8) is 0 Å². The van der Waals surface area contributed by atoms with Crippen LogP contribution in [0.4, 0.5) is 0 Å². The molecule has 0 bridgehead atoms. The Labute approximate surface area is 101 Å². The zero-order valence-electron chi connectivity index (χ0n) is 10.1. The van der Waals surface area contributed by atoms with Gasteiger partial charge < -0.3 is 10.6 Å². The predicted octanol–water partition coefficient (Wildman–Crippen LogP) is -0.384. The van der Waals surface area contributed by atoms with Gasteiger partial charge in [-0.1, -0.05) is 0 Å². The molecule has 0 aliphatic heterocycles. The van der Waals surface area contributed by atoms with E-state index in [0.29, 0.717) is 25.4 Å². The molecule has 6 nitrogen and oxygen atoms in total. The molecule has 1 amide bonds. The predicted molar refractivity (Wildman–Crippen MR) is 63.4 cm³/mol. The van der Waals surface area contributed by atoms with Gasteiger partial charge >= 0.3 is 0 Å². The van der Waals surface area contributed by atoms with Crippen molar-refractivity contribution in [1.29, 1.82) is 0 Å². The molecule has 1 heterocycles. The third kappa shape index (κ3) is 4.52. The van der Waals surface area contributed by atoms with E-state index in [0.717, 1.165) is 12.4 Å². The van der Waals surface area contributed by atoms with Gasteiger partial charge in [0.25, 0.3) is 0 Å². The molecule has 1 saturated carbocycles. The first-order valence-electron chi connectivity index (χ1n) is 6.08. The Hall–Kier alpha value is -1.43. The van der Waals surface area contributed by atoms with Gasteiger partial charge in [0.15, 0.2) is 5.82 Å². The van der Waals surface area contributed by atoms with E-state index in [4.69, 9.17) is 0 Å². The topological polar surface area (TPSA) is 71.8 Å². The minimum atomic E-state index is 0.0917. The number of aryl methyl sites for hydroxylation is 1. The monoisotopic (exact) mass is 237 g/mol. The highest BCUT2D eigenvalue weighted by Crippen LogP contribution is 2.18. The van der Waals surface area contributed by atoms with E-state index < -0.39 is 0 Å². The summed E-state index contributed by atoms with van der Waals surface area (Å²) in [5.74, 6) is 0.859. The van der Waals surface area contributed by atoms with Crippen molar-refractivity contribution in [2.75, 3.05) is 13.1 Å². The molecule has 1 fully saturated rings. The van der Waals surface area contributed by atoms with Gasteiger partial charge in [0.05, 0.1) is 0 Å². The fraction of sp³-hybridized carbons (Fsp3) is 0.727. The van der Waals surface area contributed by atoms with Crippen LogP contribution in [0.5, 0.6) is 0 Å². The molecule has 1 aliphatic rings. The van der Waals surface area contributed by atoms with E-state index in [1.54, 1.807) is 11.0 Å². The van der Waals surface area contributed by atoms with Gasteiger partial charge in [0, 0.05) is 39.0 Å².